The quantitative estimate of drug-likeness (QED) is 0.645. The molecule has 96 valence electrons. The molecule has 1 fully saturated rings. The Morgan fingerprint density at radius 1 is 1.31 bits per heavy atom. The van der Waals surface area contributed by atoms with Crippen molar-refractivity contribution in [2.24, 2.45) is 11.8 Å². The van der Waals surface area contributed by atoms with E-state index in [2.05, 4.69) is 12.2 Å². The number of rotatable bonds is 8. The van der Waals surface area contributed by atoms with E-state index >= 15 is 0 Å². The topological polar surface area (TPSA) is 32.3 Å². The van der Waals surface area contributed by atoms with Crippen molar-refractivity contribution in [1.82, 2.24) is 5.32 Å². The monoisotopic (exact) mass is 245 g/mol. The highest BCUT2D eigenvalue weighted by Gasteiger charge is 2.17. The molecule has 0 heterocycles. The molecular formula is C13H27NOS. The third-order valence-electron chi connectivity index (χ3n) is 3.35. The maximum Gasteiger partial charge on any atom is 0.0438 e. The van der Waals surface area contributed by atoms with Crippen LogP contribution >= 0.6 is 11.8 Å². The summed E-state index contributed by atoms with van der Waals surface area (Å²) in [4.78, 5) is 0. The van der Waals surface area contributed by atoms with Crippen molar-refractivity contribution in [3.05, 3.63) is 0 Å². The molecule has 2 atom stereocenters. The standard InChI is InChI=1S/C13H27NOS/c1-12-4-2-5-13(10-12)11-14-6-9-16-8-3-7-15/h12-15H,2-11H2,1H3. The molecule has 0 saturated heterocycles. The molecule has 0 aliphatic heterocycles. The van der Waals surface area contributed by atoms with Crippen LogP contribution in [-0.4, -0.2) is 36.3 Å². The highest BCUT2D eigenvalue weighted by molar-refractivity contribution is 7.99. The predicted octanol–water partition coefficient (Wildman–Crippen LogP) is 2.52. The number of aliphatic hydroxyl groups excluding tert-OH is 1. The van der Waals surface area contributed by atoms with Crippen LogP contribution in [0.5, 0.6) is 0 Å². The molecule has 2 nitrogen and oxygen atoms in total. The zero-order valence-electron chi connectivity index (χ0n) is 10.6. The van der Waals surface area contributed by atoms with E-state index in [4.69, 9.17) is 5.11 Å². The third kappa shape index (κ3) is 6.77. The molecule has 1 aliphatic carbocycles. The summed E-state index contributed by atoms with van der Waals surface area (Å²) < 4.78 is 0. The van der Waals surface area contributed by atoms with Crippen LogP contribution in [-0.2, 0) is 0 Å². The second-order valence-electron chi connectivity index (χ2n) is 5.03. The van der Waals surface area contributed by atoms with E-state index in [1.54, 1.807) is 0 Å². The molecule has 0 aromatic rings. The fourth-order valence-corrected chi connectivity index (χ4v) is 3.29. The third-order valence-corrected chi connectivity index (χ3v) is 4.42. The van der Waals surface area contributed by atoms with Gasteiger partial charge in [0.15, 0.2) is 0 Å². The van der Waals surface area contributed by atoms with E-state index in [9.17, 15) is 0 Å². The van der Waals surface area contributed by atoms with Gasteiger partial charge in [0.1, 0.15) is 0 Å². The summed E-state index contributed by atoms with van der Waals surface area (Å²) in [5, 5.41) is 12.2. The molecule has 0 radical (unpaired) electrons. The second-order valence-corrected chi connectivity index (χ2v) is 6.26. The molecule has 0 aromatic heterocycles. The summed E-state index contributed by atoms with van der Waals surface area (Å²) in [6.45, 7) is 5.06. The van der Waals surface area contributed by atoms with E-state index in [-0.39, 0.29) is 0 Å². The molecule has 0 amide bonds. The van der Waals surface area contributed by atoms with Crippen LogP contribution in [0.4, 0.5) is 0 Å². The first-order chi connectivity index (χ1) is 7.83. The van der Waals surface area contributed by atoms with Crippen molar-refractivity contribution in [3.8, 4) is 0 Å². The number of hydrogen-bond donors (Lipinski definition) is 2. The van der Waals surface area contributed by atoms with Gasteiger partial charge in [0.05, 0.1) is 0 Å². The van der Waals surface area contributed by atoms with Crippen LogP contribution in [0.1, 0.15) is 39.0 Å². The van der Waals surface area contributed by atoms with Crippen LogP contribution in [0.2, 0.25) is 0 Å². The SMILES string of the molecule is CC1CCCC(CNCCSCCCO)C1. The van der Waals surface area contributed by atoms with Crippen molar-refractivity contribution in [1.29, 1.82) is 0 Å². The summed E-state index contributed by atoms with van der Waals surface area (Å²) in [6.07, 6.45) is 6.65. The molecule has 2 N–H and O–H groups in total. The first kappa shape index (κ1) is 14.3. The van der Waals surface area contributed by atoms with E-state index in [0.29, 0.717) is 6.61 Å². The molecule has 3 heteroatoms. The van der Waals surface area contributed by atoms with Gasteiger partial charge in [0, 0.05) is 18.9 Å². The van der Waals surface area contributed by atoms with E-state index in [1.807, 2.05) is 11.8 Å². The van der Waals surface area contributed by atoms with Crippen LogP contribution in [0.3, 0.4) is 0 Å². The van der Waals surface area contributed by atoms with E-state index in [1.165, 1.54) is 38.0 Å². The summed E-state index contributed by atoms with van der Waals surface area (Å²) in [6, 6.07) is 0. The zero-order chi connectivity index (χ0) is 11.6. The lowest BCUT2D eigenvalue weighted by Crippen LogP contribution is -2.28. The van der Waals surface area contributed by atoms with Gasteiger partial charge >= 0.3 is 0 Å². The van der Waals surface area contributed by atoms with E-state index < -0.39 is 0 Å². The Labute approximate surface area is 105 Å². The second kappa shape index (κ2) is 9.32. The van der Waals surface area contributed by atoms with Crippen LogP contribution in [0.25, 0.3) is 0 Å². The van der Waals surface area contributed by atoms with Crippen LogP contribution in [0, 0.1) is 11.8 Å². The number of aliphatic hydroxyl groups is 1. The van der Waals surface area contributed by atoms with Crippen LogP contribution < -0.4 is 5.32 Å². The Balaban J connectivity index is 1.86. The molecule has 0 spiro atoms. The molecule has 1 saturated carbocycles. The summed E-state index contributed by atoms with van der Waals surface area (Å²) in [5.41, 5.74) is 0. The predicted molar refractivity (Wildman–Crippen MR) is 73.0 cm³/mol. The van der Waals surface area contributed by atoms with Crippen molar-refractivity contribution in [2.75, 3.05) is 31.2 Å². The number of nitrogens with one attached hydrogen (secondary N) is 1. The van der Waals surface area contributed by atoms with Crippen molar-refractivity contribution >= 4 is 11.8 Å². The molecule has 0 aromatic carbocycles. The van der Waals surface area contributed by atoms with Gasteiger partial charge in [-0.1, -0.05) is 19.8 Å². The highest BCUT2D eigenvalue weighted by atomic mass is 32.2. The molecule has 0 bridgehead atoms. The van der Waals surface area contributed by atoms with Gasteiger partial charge in [0.25, 0.3) is 0 Å². The minimum Gasteiger partial charge on any atom is -0.396 e. The van der Waals surface area contributed by atoms with Crippen molar-refractivity contribution in [3.63, 3.8) is 0 Å². The van der Waals surface area contributed by atoms with Crippen molar-refractivity contribution in [2.45, 2.75) is 39.0 Å². The molecule has 1 rings (SSSR count). The van der Waals surface area contributed by atoms with Crippen LogP contribution in [0.15, 0.2) is 0 Å². The molecule has 1 aliphatic rings. The van der Waals surface area contributed by atoms with Gasteiger partial charge in [-0.25, -0.2) is 0 Å². The summed E-state index contributed by atoms with van der Waals surface area (Å²) in [5.74, 6) is 4.15. The van der Waals surface area contributed by atoms with Gasteiger partial charge in [-0.05, 0) is 43.4 Å². The highest BCUT2D eigenvalue weighted by Crippen LogP contribution is 2.27. The lowest BCUT2D eigenvalue weighted by atomic mass is 9.82. The Morgan fingerprint density at radius 2 is 2.19 bits per heavy atom. The fraction of sp³-hybridized carbons (Fsp3) is 1.00. The maximum absolute atomic E-state index is 8.63. The largest absolute Gasteiger partial charge is 0.396 e. The Kier molecular flexibility index (Phi) is 8.34. The van der Waals surface area contributed by atoms with Gasteiger partial charge in [-0.2, -0.15) is 11.8 Å². The normalized spacial score (nSPS) is 25.9. The smallest absolute Gasteiger partial charge is 0.0438 e. The first-order valence-electron chi connectivity index (χ1n) is 6.72. The average Bonchev–Trinajstić information content (AvgIpc) is 2.28. The van der Waals surface area contributed by atoms with Gasteiger partial charge < -0.3 is 10.4 Å². The molecule has 2 unspecified atom stereocenters. The van der Waals surface area contributed by atoms with Gasteiger partial charge in [-0.15, -0.1) is 0 Å². The Hall–Kier alpha value is 0.270. The minimum absolute atomic E-state index is 0.334. The summed E-state index contributed by atoms with van der Waals surface area (Å²) >= 11 is 1.94. The maximum atomic E-state index is 8.63. The summed E-state index contributed by atoms with van der Waals surface area (Å²) in [7, 11) is 0. The number of thioether (sulfide) groups is 1. The molecular weight excluding hydrogens is 218 g/mol. The van der Waals surface area contributed by atoms with E-state index in [0.717, 1.165) is 30.6 Å². The molecule has 16 heavy (non-hydrogen) atoms. The lowest BCUT2D eigenvalue weighted by molar-refractivity contribution is 0.276. The average molecular weight is 245 g/mol. The van der Waals surface area contributed by atoms with Gasteiger partial charge in [0.2, 0.25) is 0 Å². The first-order valence-corrected chi connectivity index (χ1v) is 7.87. The zero-order valence-corrected chi connectivity index (χ0v) is 11.4. The lowest BCUT2D eigenvalue weighted by Gasteiger charge is -2.26. The Morgan fingerprint density at radius 3 is 2.94 bits per heavy atom. The fourth-order valence-electron chi connectivity index (χ4n) is 2.46. The van der Waals surface area contributed by atoms with Crippen molar-refractivity contribution < 1.29 is 5.11 Å². The van der Waals surface area contributed by atoms with Gasteiger partial charge in [-0.3, -0.25) is 0 Å². The minimum atomic E-state index is 0.334. The number of hydrogen-bond acceptors (Lipinski definition) is 3. The Bertz CT molecular complexity index is 166.